The van der Waals surface area contributed by atoms with Gasteiger partial charge >= 0.3 is 5.63 Å². The monoisotopic (exact) mass is 364 g/mol. The van der Waals surface area contributed by atoms with E-state index in [0.717, 1.165) is 34.4 Å². The summed E-state index contributed by atoms with van der Waals surface area (Å²) in [6.07, 6.45) is 0.918. The third-order valence-corrected chi connectivity index (χ3v) is 5.51. The van der Waals surface area contributed by atoms with Crippen LogP contribution in [-0.2, 0) is 19.5 Å². The zero-order valence-electron chi connectivity index (χ0n) is 14.9. The van der Waals surface area contributed by atoms with E-state index in [9.17, 15) is 4.79 Å². The summed E-state index contributed by atoms with van der Waals surface area (Å²) in [7, 11) is 2.05. The van der Waals surface area contributed by atoms with E-state index < -0.39 is 0 Å². The van der Waals surface area contributed by atoms with Crippen LogP contribution in [0.4, 0.5) is 0 Å². The number of para-hydroxylation sites is 1. The standard InChI is InChI=1S/C21H20N2O2S/c1-3-14-8-9-16-15(11-21(24)25-18(16)10-14)12-23(2)13-20-22-17-6-4-5-7-19(17)26-20/h4-11H,3,12-13H2,1-2H3. The Hall–Kier alpha value is -2.50. The molecule has 0 amide bonds. The van der Waals surface area contributed by atoms with E-state index in [1.807, 2.05) is 31.3 Å². The summed E-state index contributed by atoms with van der Waals surface area (Å²) in [6.45, 7) is 3.51. The van der Waals surface area contributed by atoms with Gasteiger partial charge in [-0.05, 0) is 42.8 Å². The van der Waals surface area contributed by atoms with Crippen LogP contribution in [0.1, 0.15) is 23.1 Å². The van der Waals surface area contributed by atoms with E-state index in [0.29, 0.717) is 12.1 Å². The summed E-state index contributed by atoms with van der Waals surface area (Å²) >= 11 is 1.71. The molecule has 0 radical (unpaired) electrons. The number of hydrogen-bond acceptors (Lipinski definition) is 5. The molecule has 0 N–H and O–H groups in total. The second-order valence-electron chi connectivity index (χ2n) is 6.52. The van der Waals surface area contributed by atoms with Gasteiger partial charge in [-0.25, -0.2) is 9.78 Å². The Bertz CT molecular complexity index is 1100. The lowest BCUT2D eigenvalue weighted by atomic mass is 10.1. The fourth-order valence-electron chi connectivity index (χ4n) is 3.19. The summed E-state index contributed by atoms with van der Waals surface area (Å²) in [5.41, 5.74) is 3.57. The van der Waals surface area contributed by atoms with Gasteiger partial charge in [-0.1, -0.05) is 31.2 Å². The number of fused-ring (bicyclic) bond motifs is 2. The van der Waals surface area contributed by atoms with Gasteiger partial charge in [0.15, 0.2) is 0 Å². The van der Waals surface area contributed by atoms with Crippen molar-refractivity contribution in [3.05, 3.63) is 75.1 Å². The van der Waals surface area contributed by atoms with Gasteiger partial charge in [-0.15, -0.1) is 11.3 Å². The summed E-state index contributed by atoms with van der Waals surface area (Å²) < 4.78 is 6.60. The Kier molecular flexibility index (Phi) is 4.57. The normalized spacial score (nSPS) is 11.7. The molecular formula is C21H20N2O2S. The van der Waals surface area contributed by atoms with Crippen molar-refractivity contribution in [2.24, 2.45) is 0 Å². The number of nitrogens with zero attached hydrogens (tertiary/aromatic N) is 2. The molecule has 0 aliphatic carbocycles. The molecular weight excluding hydrogens is 344 g/mol. The number of thiazole rings is 1. The van der Waals surface area contributed by atoms with Gasteiger partial charge in [0, 0.05) is 18.0 Å². The molecule has 26 heavy (non-hydrogen) atoms. The molecule has 5 heteroatoms. The SMILES string of the molecule is CCc1ccc2c(CN(C)Cc3nc4ccccc4s3)cc(=O)oc2c1. The number of benzene rings is 2. The zero-order chi connectivity index (χ0) is 18.1. The van der Waals surface area contributed by atoms with Crippen molar-refractivity contribution < 1.29 is 4.42 Å². The van der Waals surface area contributed by atoms with Gasteiger partial charge < -0.3 is 4.42 Å². The Balaban J connectivity index is 1.60. The highest BCUT2D eigenvalue weighted by molar-refractivity contribution is 7.18. The van der Waals surface area contributed by atoms with Crippen LogP contribution in [0, 0.1) is 0 Å². The second kappa shape index (κ2) is 7.02. The first-order chi connectivity index (χ1) is 12.6. The maximum atomic E-state index is 12.0. The molecule has 0 aliphatic rings. The number of hydrogen-bond donors (Lipinski definition) is 0. The average Bonchev–Trinajstić information content (AvgIpc) is 3.02. The zero-order valence-corrected chi connectivity index (χ0v) is 15.7. The van der Waals surface area contributed by atoms with Gasteiger partial charge in [0.05, 0.1) is 16.8 Å². The predicted octanol–water partition coefficient (Wildman–Crippen LogP) is 4.60. The molecule has 2 heterocycles. The molecule has 0 bridgehead atoms. The highest BCUT2D eigenvalue weighted by atomic mass is 32.1. The van der Waals surface area contributed by atoms with Gasteiger partial charge in [-0.2, -0.15) is 0 Å². The van der Waals surface area contributed by atoms with Crippen molar-refractivity contribution in [1.82, 2.24) is 9.88 Å². The van der Waals surface area contributed by atoms with Crippen LogP contribution in [0.15, 0.2) is 57.7 Å². The van der Waals surface area contributed by atoms with E-state index in [2.05, 4.69) is 30.0 Å². The molecule has 0 spiro atoms. The van der Waals surface area contributed by atoms with Crippen molar-refractivity contribution >= 4 is 32.5 Å². The lowest BCUT2D eigenvalue weighted by Crippen LogP contribution is -2.18. The third kappa shape index (κ3) is 3.41. The van der Waals surface area contributed by atoms with Crippen LogP contribution in [0.25, 0.3) is 21.2 Å². The van der Waals surface area contributed by atoms with E-state index in [-0.39, 0.29) is 5.63 Å². The summed E-state index contributed by atoms with van der Waals surface area (Å²) in [5, 5.41) is 2.08. The van der Waals surface area contributed by atoms with Crippen LogP contribution >= 0.6 is 11.3 Å². The number of aromatic nitrogens is 1. The Morgan fingerprint density at radius 1 is 1.12 bits per heavy atom. The summed E-state index contributed by atoms with van der Waals surface area (Å²) in [4.78, 5) is 18.8. The molecule has 0 fully saturated rings. The molecule has 0 unspecified atom stereocenters. The van der Waals surface area contributed by atoms with E-state index in [4.69, 9.17) is 9.40 Å². The molecule has 0 aliphatic heterocycles. The second-order valence-corrected chi connectivity index (χ2v) is 7.64. The number of rotatable bonds is 5. The Morgan fingerprint density at radius 2 is 1.96 bits per heavy atom. The molecule has 4 nitrogen and oxygen atoms in total. The lowest BCUT2D eigenvalue weighted by Gasteiger charge is -2.16. The minimum absolute atomic E-state index is 0.297. The molecule has 2 aromatic heterocycles. The summed E-state index contributed by atoms with van der Waals surface area (Å²) in [5.74, 6) is 0. The maximum absolute atomic E-state index is 12.0. The molecule has 132 valence electrons. The van der Waals surface area contributed by atoms with Crippen molar-refractivity contribution in [3.63, 3.8) is 0 Å². The van der Waals surface area contributed by atoms with Crippen molar-refractivity contribution in [1.29, 1.82) is 0 Å². The first-order valence-electron chi connectivity index (χ1n) is 8.71. The van der Waals surface area contributed by atoms with Crippen LogP contribution in [-0.4, -0.2) is 16.9 Å². The van der Waals surface area contributed by atoms with Crippen LogP contribution in [0.3, 0.4) is 0 Å². The first-order valence-corrected chi connectivity index (χ1v) is 9.52. The van der Waals surface area contributed by atoms with Gasteiger partial charge in [0.1, 0.15) is 10.6 Å². The largest absolute Gasteiger partial charge is 0.423 e. The lowest BCUT2D eigenvalue weighted by molar-refractivity contribution is 0.319. The highest BCUT2D eigenvalue weighted by Gasteiger charge is 2.11. The average molecular weight is 364 g/mol. The molecule has 0 atom stereocenters. The fourth-order valence-corrected chi connectivity index (χ4v) is 4.24. The predicted molar refractivity (Wildman–Crippen MR) is 107 cm³/mol. The Morgan fingerprint density at radius 3 is 2.77 bits per heavy atom. The first kappa shape index (κ1) is 16.9. The van der Waals surface area contributed by atoms with Crippen molar-refractivity contribution in [2.45, 2.75) is 26.4 Å². The molecule has 0 saturated carbocycles. The quantitative estimate of drug-likeness (QED) is 0.486. The van der Waals surface area contributed by atoms with Crippen LogP contribution in [0.2, 0.25) is 0 Å². The summed E-state index contributed by atoms with van der Waals surface area (Å²) in [6, 6.07) is 15.9. The minimum Gasteiger partial charge on any atom is -0.423 e. The van der Waals surface area contributed by atoms with Gasteiger partial charge in [0.2, 0.25) is 0 Å². The molecule has 2 aromatic carbocycles. The molecule has 0 saturated heterocycles. The van der Waals surface area contributed by atoms with Crippen LogP contribution in [0.5, 0.6) is 0 Å². The van der Waals surface area contributed by atoms with Crippen LogP contribution < -0.4 is 5.63 Å². The van der Waals surface area contributed by atoms with Gasteiger partial charge in [-0.3, -0.25) is 4.90 Å². The van der Waals surface area contributed by atoms with E-state index in [1.54, 1.807) is 17.4 Å². The van der Waals surface area contributed by atoms with E-state index >= 15 is 0 Å². The smallest absolute Gasteiger partial charge is 0.336 e. The highest BCUT2D eigenvalue weighted by Crippen LogP contribution is 2.24. The Labute approximate surface area is 155 Å². The maximum Gasteiger partial charge on any atom is 0.336 e. The minimum atomic E-state index is -0.297. The molecule has 4 aromatic rings. The topological polar surface area (TPSA) is 46.3 Å². The number of aryl methyl sites for hydroxylation is 1. The third-order valence-electron chi connectivity index (χ3n) is 4.49. The van der Waals surface area contributed by atoms with E-state index in [1.165, 1.54) is 10.3 Å². The fraction of sp³-hybridized carbons (Fsp3) is 0.238. The van der Waals surface area contributed by atoms with Crippen molar-refractivity contribution in [2.75, 3.05) is 7.05 Å². The van der Waals surface area contributed by atoms with Crippen molar-refractivity contribution in [3.8, 4) is 0 Å². The molecule has 4 rings (SSSR count). The van der Waals surface area contributed by atoms with Gasteiger partial charge in [0.25, 0.3) is 0 Å².